The molecule has 19 heavy (non-hydrogen) atoms. The first-order valence-corrected chi connectivity index (χ1v) is 5.89. The zero-order valence-corrected chi connectivity index (χ0v) is 10.9. The highest BCUT2D eigenvalue weighted by atomic mass is 16.5. The fourth-order valence-electron chi connectivity index (χ4n) is 2.07. The number of hydrogen-bond donors (Lipinski definition) is 1. The van der Waals surface area contributed by atoms with E-state index in [4.69, 9.17) is 14.6 Å². The van der Waals surface area contributed by atoms with Gasteiger partial charge in [0.1, 0.15) is 6.67 Å². The van der Waals surface area contributed by atoms with Crippen LogP contribution < -0.4 is 14.4 Å². The van der Waals surface area contributed by atoms with Gasteiger partial charge < -0.3 is 19.5 Å². The number of hydrogen-bond acceptors (Lipinski definition) is 5. The van der Waals surface area contributed by atoms with E-state index < -0.39 is 5.97 Å². The van der Waals surface area contributed by atoms with Crippen molar-refractivity contribution in [2.75, 3.05) is 32.3 Å². The third-order valence-corrected chi connectivity index (χ3v) is 2.97. The van der Waals surface area contributed by atoms with Crippen LogP contribution in [0.1, 0.15) is 12.0 Å². The Balaban J connectivity index is 2.35. The number of carboxylic acids is 1. The molecule has 1 N–H and O–H groups in total. The Morgan fingerprint density at radius 1 is 1.42 bits per heavy atom. The van der Waals surface area contributed by atoms with E-state index in [9.17, 15) is 4.79 Å². The molecule has 0 atom stereocenters. The van der Waals surface area contributed by atoms with Crippen LogP contribution in [0.4, 0.5) is 5.69 Å². The lowest BCUT2D eigenvalue weighted by Gasteiger charge is -2.28. The SMILES string of the molecule is COc1ccc2c(c1OC)C=NCN2CCC(=O)O. The summed E-state index contributed by atoms with van der Waals surface area (Å²) in [5, 5.41) is 8.77. The molecule has 1 heterocycles. The maximum Gasteiger partial charge on any atom is 0.305 e. The van der Waals surface area contributed by atoms with E-state index in [-0.39, 0.29) is 6.42 Å². The molecule has 0 aromatic heterocycles. The standard InChI is InChI=1S/C13H16N2O4/c1-18-11-4-3-10-9(13(11)19-2)7-14-8-15(10)6-5-12(16)17/h3-4,7H,5-6,8H2,1-2H3,(H,16,17). The summed E-state index contributed by atoms with van der Waals surface area (Å²) in [5.74, 6) is 0.424. The van der Waals surface area contributed by atoms with Crippen molar-refractivity contribution >= 4 is 17.9 Å². The van der Waals surface area contributed by atoms with E-state index in [0.29, 0.717) is 24.7 Å². The monoisotopic (exact) mass is 264 g/mol. The number of ether oxygens (including phenoxy) is 2. The van der Waals surface area contributed by atoms with Crippen LogP contribution in [0.15, 0.2) is 17.1 Å². The lowest BCUT2D eigenvalue weighted by molar-refractivity contribution is -0.136. The van der Waals surface area contributed by atoms with Gasteiger partial charge in [0.25, 0.3) is 0 Å². The molecular formula is C13H16N2O4. The predicted molar refractivity (Wildman–Crippen MR) is 71.6 cm³/mol. The maximum absolute atomic E-state index is 10.7. The Hall–Kier alpha value is -2.24. The zero-order chi connectivity index (χ0) is 13.8. The lowest BCUT2D eigenvalue weighted by Crippen LogP contribution is -2.29. The van der Waals surface area contributed by atoms with E-state index >= 15 is 0 Å². The molecule has 0 unspecified atom stereocenters. The second-order valence-corrected chi connectivity index (χ2v) is 4.09. The Morgan fingerprint density at radius 3 is 2.84 bits per heavy atom. The Kier molecular flexibility index (Phi) is 3.89. The molecule has 1 aliphatic rings. The van der Waals surface area contributed by atoms with E-state index in [2.05, 4.69) is 4.99 Å². The van der Waals surface area contributed by atoms with Gasteiger partial charge >= 0.3 is 5.97 Å². The highest BCUT2D eigenvalue weighted by Crippen LogP contribution is 2.37. The quantitative estimate of drug-likeness (QED) is 0.869. The van der Waals surface area contributed by atoms with Gasteiger partial charge in [0, 0.05) is 12.8 Å². The van der Waals surface area contributed by atoms with Gasteiger partial charge in [0.05, 0.1) is 31.9 Å². The summed E-state index contributed by atoms with van der Waals surface area (Å²) in [6.07, 6.45) is 1.80. The summed E-state index contributed by atoms with van der Waals surface area (Å²) in [6, 6.07) is 3.70. The number of carboxylic acid groups (broad SMARTS) is 1. The minimum Gasteiger partial charge on any atom is -0.493 e. The zero-order valence-electron chi connectivity index (χ0n) is 10.9. The van der Waals surface area contributed by atoms with Crippen molar-refractivity contribution < 1.29 is 19.4 Å². The topological polar surface area (TPSA) is 71.4 Å². The number of fused-ring (bicyclic) bond motifs is 1. The summed E-state index contributed by atoms with van der Waals surface area (Å²) < 4.78 is 10.6. The van der Waals surface area contributed by atoms with Crippen molar-refractivity contribution in [1.82, 2.24) is 0 Å². The Labute approximate surface area is 111 Å². The van der Waals surface area contributed by atoms with Crippen LogP contribution in [-0.4, -0.2) is 44.7 Å². The van der Waals surface area contributed by atoms with Gasteiger partial charge in [0.2, 0.25) is 0 Å². The van der Waals surface area contributed by atoms with E-state index in [1.165, 1.54) is 0 Å². The van der Waals surface area contributed by atoms with E-state index in [1.807, 2.05) is 17.0 Å². The number of aliphatic imine (C=N–C) groups is 1. The fourth-order valence-corrected chi connectivity index (χ4v) is 2.07. The Morgan fingerprint density at radius 2 is 2.21 bits per heavy atom. The average molecular weight is 264 g/mol. The van der Waals surface area contributed by atoms with Gasteiger partial charge in [0.15, 0.2) is 11.5 Å². The molecule has 6 nitrogen and oxygen atoms in total. The summed E-state index contributed by atoms with van der Waals surface area (Å²) in [5.41, 5.74) is 1.73. The number of anilines is 1. The van der Waals surface area contributed by atoms with Crippen LogP contribution in [0.3, 0.4) is 0 Å². The molecule has 102 valence electrons. The predicted octanol–water partition coefficient (Wildman–Crippen LogP) is 1.37. The first-order valence-electron chi connectivity index (χ1n) is 5.89. The number of aliphatic carboxylic acids is 1. The highest BCUT2D eigenvalue weighted by molar-refractivity contribution is 5.94. The first-order chi connectivity index (χ1) is 9.17. The molecule has 0 saturated heterocycles. The first kappa shape index (κ1) is 13.2. The minimum absolute atomic E-state index is 0.0727. The highest BCUT2D eigenvalue weighted by Gasteiger charge is 2.20. The van der Waals surface area contributed by atoms with Crippen molar-refractivity contribution in [1.29, 1.82) is 0 Å². The summed E-state index contributed by atoms with van der Waals surface area (Å²) in [4.78, 5) is 16.8. The third kappa shape index (κ3) is 2.62. The second kappa shape index (κ2) is 5.60. The molecule has 0 fully saturated rings. The van der Waals surface area contributed by atoms with Crippen LogP contribution in [0.2, 0.25) is 0 Å². The van der Waals surface area contributed by atoms with Crippen LogP contribution >= 0.6 is 0 Å². The molecule has 0 radical (unpaired) electrons. The van der Waals surface area contributed by atoms with Crippen LogP contribution in [0.5, 0.6) is 11.5 Å². The molecule has 0 saturated carbocycles. The number of carbonyl (C=O) groups is 1. The van der Waals surface area contributed by atoms with Crippen molar-refractivity contribution in [3.8, 4) is 11.5 Å². The van der Waals surface area contributed by atoms with Crippen molar-refractivity contribution in [3.05, 3.63) is 17.7 Å². The molecule has 2 rings (SSSR count). The number of methoxy groups -OCH3 is 2. The van der Waals surface area contributed by atoms with Crippen LogP contribution in [0.25, 0.3) is 0 Å². The molecule has 0 bridgehead atoms. The van der Waals surface area contributed by atoms with E-state index in [0.717, 1.165) is 11.3 Å². The third-order valence-electron chi connectivity index (χ3n) is 2.97. The summed E-state index contributed by atoms with van der Waals surface area (Å²) >= 11 is 0. The number of benzene rings is 1. The van der Waals surface area contributed by atoms with Gasteiger partial charge in [-0.1, -0.05) is 0 Å². The van der Waals surface area contributed by atoms with Crippen molar-refractivity contribution in [2.24, 2.45) is 4.99 Å². The summed E-state index contributed by atoms with van der Waals surface area (Å²) in [7, 11) is 3.15. The second-order valence-electron chi connectivity index (χ2n) is 4.09. The van der Waals surface area contributed by atoms with Gasteiger partial charge in [-0.05, 0) is 12.1 Å². The van der Waals surface area contributed by atoms with E-state index in [1.54, 1.807) is 20.4 Å². The van der Waals surface area contributed by atoms with Gasteiger partial charge in [-0.15, -0.1) is 0 Å². The molecular weight excluding hydrogens is 248 g/mol. The molecule has 0 amide bonds. The van der Waals surface area contributed by atoms with Gasteiger partial charge in [-0.3, -0.25) is 9.79 Å². The summed E-state index contributed by atoms with van der Waals surface area (Å²) in [6.45, 7) is 0.866. The number of rotatable bonds is 5. The van der Waals surface area contributed by atoms with Crippen LogP contribution in [0, 0.1) is 0 Å². The van der Waals surface area contributed by atoms with Crippen molar-refractivity contribution in [2.45, 2.75) is 6.42 Å². The molecule has 0 spiro atoms. The van der Waals surface area contributed by atoms with Crippen molar-refractivity contribution in [3.63, 3.8) is 0 Å². The molecule has 1 aromatic carbocycles. The molecule has 0 aliphatic carbocycles. The minimum atomic E-state index is -0.823. The van der Waals surface area contributed by atoms with Gasteiger partial charge in [-0.2, -0.15) is 0 Å². The normalized spacial score (nSPS) is 13.1. The smallest absolute Gasteiger partial charge is 0.305 e. The number of nitrogens with zero attached hydrogens (tertiary/aromatic N) is 2. The van der Waals surface area contributed by atoms with Gasteiger partial charge in [-0.25, -0.2) is 0 Å². The Bertz CT molecular complexity index is 514. The largest absolute Gasteiger partial charge is 0.493 e. The molecule has 1 aliphatic heterocycles. The average Bonchev–Trinajstić information content (AvgIpc) is 2.43. The maximum atomic E-state index is 10.7. The molecule has 1 aromatic rings. The van der Waals surface area contributed by atoms with Crippen LogP contribution in [-0.2, 0) is 4.79 Å². The molecule has 6 heteroatoms. The fraction of sp³-hybridized carbons (Fsp3) is 0.385. The lowest BCUT2D eigenvalue weighted by atomic mass is 10.1.